The second-order valence-electron chi connectivity index (χ2n) is 7.72. The predicted octanol–water partition coefficient (Wildman–Crippen LogP) is 4.55. The van der Waals surface area contributed by atoms with Crippen molar-refractivity contribution in [3.63, 3.8) is 0 Å². The molecule has 0 spiro atoms. The number of hydrogen-bond acceptors (Lipinski definition) is 9. The lowest BCUT2D eigenvalue weighted by Gasteiger charge is -2.18. The average Bonchev–Trinajstić information content (AvgIpc) is 3.25. The fraction of sp³-hybridized carbons (Fsp3) is 0.280. The molecule has 0 fully saturated rings. The first-order valence-electron chi connectivity index (χ1n) is 11.0. The summed E-state index contributed by atoms with van der Waals surface area (Å²) in [4.78, 5) is 38.4. The smallest absolute Gasteiger partial charge is 0.374 e. The molecule has 9 nitrogen and oxygen atoms in total. The molecule has 3 rings (SSSR count). The molecular formula is C25H26N2O7S2. The fourth-order valence-electron chi connectivity index (χ4n) is 3.79. The van der Waals surface area contributed by atoms with Gasteiger partial charge in [0.1, 0.15) is 0 Å². The standard InChI is InChI=1S/C25H26N2O7S2/c1-6-27-23(34-25(30)35-7-2)19(14-26-27)18-13-17(21(28)16-11-9-8-10-12-16)15(3)20(24(29)33-4)22(18)36(5,31)32/h8-14H,6-7H2,1-5H3. The number of nitrogens with zero attached hydrogens (tertiary/aromatic N) is 2. The average molecular weight is 531 g/mol. The third-order valence-corrected chi connectivity index (χ3v) is 7.18. The molecule has 0 aliphatic rings. The summed E-state index contributed by atoms with van der Waals surface area (Å²) >= 11 is 0.933. The Morgan fingerprint density at radius 1 is 1.08 bits per heavy atom. The summed E-state index contributed by atoms with van der Waals surface area (Å²) in [6, 6.07) is 9.79. The van der Waals surface area contributed by atoms with Crippen molar-refractivity contribution in [2.75, 3.05) is 19.1 Å². The van der Waals surface area contributed by atoms with Crippen molar-refractivity contribution in [2.45, 2.75) is 32.2 Å². The van der Waals surface area contributed by atoms with Crippen LogP contribution in [0.2, 0.25) is 0 Å². The van der Waals surface area contributed by atoms with Crippen LogP contribution in [0.5, 0.6) is 5.88 Å². The molecule has 1 heterocycles. The van der Waals surface area contributed by atoms with Crippen molar-refractivity contribution < 1.29 is 32.3 Å². The molecule has 0 N–H and O–H groups in total. The van der Waals surface area contributed by atoms with Gasteiger partial charge in [0.2, 0.25) is 5.88 Å². The summed E-state index contributed by atoms with van der Waals surface area (Å²) in [6.45, 7) is 5.38. The highest BCUT2D eigenvalue weighted by Crippen LogP contribution is 2.40. The summed E-state index contributed by atoms with van der Waals surface area (Å²) in [5, 5.41) is 3.63. The lowest BCUT2D eigenvalue weighted by Crippen LogP contribution is -2.17. The van der Waals surface area contributed by atoms with E-state index in [1.807, 2.05) is 0 Å². The number of thioether (sulfide) groups is 1. The minimum absolute atomic E-state index is 0.00567. The zero-order valence-corrected chi connectivity index (χ0v) is 22.2. The molecule has 0 unspecified atom stereocenters. The van der Waals surface area contributed by atoms with Crippen LogP contribution in [0.1, 0.15) is 45.7 Å². The molecule has 0 amide bonds. The van der Waals surface area contributed by atoms with Crippen molar-refractivity contribution >= 4 is 38.7 Å². The molecule has 190 valence electrons. The van der Waals surface area contributed by atoms with E-state index in [4.69, 9.17) is 9.47 Å². The maximum Gasteiger partial charge on any atom is 0.374 e. The Balaban J connectivity index is 2.44. The molecule has 0 aliphatic carbocycles. The zero-order valence-electron chi connectivity index (χ0n) is 20.5. The van der Waals surface area contributed by atoms with Crippen LogP contribution in [0, 0.1) is 6.92 Å². The monoisotopic (exact) mass is 530 g/mol. The second kappa shape index (κ2) is 11.1. The van der Waals surface area contributed by atoms with E-state index in [0.29, 0.717) is 17.9 Å². The van der Waals surface area contributed by atoms with E-state index in [2.05, 4.69) is 5.10 Å². The van der Waals surface area contributed by atoms with Crippen LogP contribution in [0.3, 0.4) is 0 Å². The van der Waals surface area contributed by atoms with Crippen LogP contribution < -0.4 is 4.74 Å². The summed E-state index contributed by atoms with van der Waals surface area (Å²) < 4.78 is 38.0. The number of aromatic nitrogens is 2. The van der Waals surface area contributed by atoms with Gasteiger partial charge in [-0.15, -0.1) is 0 Å². The molecule has 0 bridgehead atoms. The van der Waals surface area contributed by atoms with Gasteiger partial charge in [-0.25, -0.2) is 22.7 Å². The molecule has 0 saturated carbocycles. The largest absolute Gasteiger partial charge is 0.465 e. The molecule has 0 saturated heterocycles. The summed E-state index contributed by atoms with van der Waals surface area (Å²) in [7, 11) is -2.92. The van der Waals surface area contributed by atoms with E-state index in [0.717, 1.165) is 25.1 Å². The molecule has 0 radical (unpaired) electrons. The number of hydrogen-bond donors (Lipinski definition) is 0. The maximum atomic E-state index is 13.5. The van der Waals surface area contributed by atoms with Gasteiger partial charge in [-0.2, -0.15) is 5.10 Å². The zero-order chi connectivity index (χ0) is 26.6. The lowest BCUT2D eigenvalue weighted by molar-refractivity contribution is 0.0595. The second-order valence-corrected chi connectivity index (χ2v) is 10.9. The number of aryl methyl sites for hydroxylation is 1. The third-order valence-electron chi connectivity index (χ3n) is 5.40. The van der Waals surface area contributed by atoms with Crippen LogP contribution in [0.15, 0.2) is 47.5 Å². The number of rotatable bonds is 8. The minimum atomic E-state index is -4.04. The Bertz CT molecular complexity index is 1430. The minimum Gasteiger partial charge on any atom is -0.465 e. The van der Waals surface area contributed by atoms with Gasteiger partial charge < -0.3 is 9.47 Å². The highest BCUT2D eigenvalue weighted by Gasteiger charge is 2.32. The van der Waals surface area contributed by atoms with Gasteiger partial charge in [0, 0.05) is 35.2 Å². The van der Waals surface area contributed by atoms with Gasteiger partial charge in [-0.05, 0) is 37.2 Å². The first kappa shape index (κ1) is 27.2. The van der Waals surface area contributed by atoms with Gasteiger partial charge in [0.15, 0.2) is 15.6 Å². The van der Waals surface area contributed by atoms with Gasteiger partial charge in [0.25, 0.3) is 0 Å². The highest BCUT2D eigenvalue weighted by atomic mass is 32.2. The van der Waals surface area contributed by atoms with Crippen molar-refractivity contribution in [3.05, 3.63) is 64.8 Å². The molecule has 36 heavy (non-hydrogen) atoms. The number of benzene rings is 2. The van der Waals surface area contributed by atoms with Crippen molar-refractivity contribution in [1.29, 1.82) is 0 Å². The molecule has 3 aromatic rings. The fourth-order valence-corrected chi connectivity index (χ4v) is 5.34. The van der Waals surface area contributed by atoms with Crippen LogP contribution in [-0.2, 0) is 21.1 Å². The van der Waals surface area contributed by atoms with E-state index in [1.165, 1.54) is 23.9 Å². The highest BCUT2D eigenvalue weighted by molar-refractivity contribution is 8.13. The molecular weight excluding hydrogens is 504 g/mol. The van der Waals surface area contributed by atoms with Gasteiger partial charge in [-0.3, -0.25) is 4.79 Å². The number of ether oxygens (including phenoxy) is 2. The SMILES string of the molecule is CCSC(=O)Oc1c(-c2cc(C(=O)c3ccccc3)c(C)c(C(=O)OC)c2S(C)(=O)=O)cnn1CC. The molecule has 2 aromatic carbocycles. The van der Waals surface area contributed by atoms with Crippen molar-refractivity contribution in [2.24, 2.45) is 0 Å². The Morgan fingerprint density at radius 2 is 1.75 bits per heavy atom. The molecule has 0 atom stereocenters. The Labute approximate surface area is 213 Å². The predicted molar refractivity (Wildman–Crippen MR) is 137 cm³/mol. The van der Waals surface area contributed by atoms with Gasteiger partial charge in [-0.1, -0.05) is 37.3 Å². The van der Waals surface area contributed by atoms with Crippen LogP contribution in [-0.4, -0.2) is 54.4 Å². The molecule has 11 heteroatoms. The molecule has 1 aromatic heterocycles. The first-order chi connectivity index (χ1) is 17.0. The maximum absolute atomic E-state index is 13.5. The first-order valence-corrected chi connectivity index (χ1v) is 13.9. The van der Waals surface area contributed by atoms with Gasteiger partial charge >= 0.3 is 11.3 Å². The lowest BCUT2D eigenvalue weighted by atomic mass is 9.91. The van der Waals surface area contributed by atoms with E-state index < -0.39 is 26.9 Å². The number of carbonyl (C=O) groups excluding carboxylic acids is 3. The van der Waals surface area contributed by atoms with Gasteiger partial charge in [0.05, 0.1) is 29.3 Å². The number of esters is 1. The number of methoxy groups -OCH3 is 1. The Hall–Kier alpha value is -3.44. The Kier molecular flexibility index (Phi) is 8.36. The normalized spacial score (nSPS) is 11.2. The molecule has 0 aliphatic heterocycles. The number of ketones is 1. The van der Waals surface area contributed by atoms with Crippen LogP contribution in [0.4, 0.5) is 4.79 Å². The van der Waals surface area contributed by atoms with E-state index in [-0.39, 0.29) is 38.6 Å². The summed E-state index contributed by atoms with van der Waals surface area (Å²) in [5.74, 6) is -0.857. The van der Waals surface area contributed by atoms with Crippen LogP contribution in [0.25, 0.3) is 11.1 Å². The van der Waals surface area contributed by atoms with Crippen molar-refractivity contribution in [1.82, 2.24) is 9.78 Å². The van der Waals surface area contributed by atoms with E-state index in [1.54, 1.807) is 44.2 Å². The third kappa shape index (κ3) is 5.36. The summed E-state index contributed by atoms with van der Waals surface area (Å²) in [6.07, 6.45) is 2.30. The van der Waals surface area contributed by atoms with Crippen LogP contribution >= 0.6 is 11.8 Å². The number of sulfone groups is 1. The number of carbonyl (C=O) groups is 3. The quantitative estimate of drug-likeness (QED) is 0.305. The van der Waals surface area contributed by atoms with E-state index >= 15 is 0 Å². The summed E-state index contributed by atoms with van der Waals surface area (Å²) in [5.41, 5.74) is 0.503. The topological polar surface area (TPSA) is 122 Å². The van der Waals surface area contributed by atoms with E-state index in [9.17, 15) is 22.8 Å². The van der Waals surface area contributed by atoms with Crippen molar-refractivity contribution in [3.8, 4) is 17.0 Å². The Morgan fingerprint density at radius 3 is 2.31 bits per heavy atom.